The van der Waals surface area contributed by atoms with Crippen LogP contribution in [-0.4, -0.2) is 44.9 Å². The van der Waals surface area contributed by atoms with Gasteiger partial charge in [0.25, 0.3) is 5.91 Å². The summed E-state index contributed by atoms with van der Waals surface area (Å²) in [7, 11) is 1.77. The van der Waals surface area contributed by atoms with Crippen molar-refractivity contribution in [2.45, 2.75) is 45.1 Å². The van der Waals surface area contributed by atoms with Crippen LogP contribution in [0.15, 0.2) is 77.4 Å². The van der Waals surface area contributed by atoms with Gasteiger partial charge >= 0.3 is 5.97 Å². The highest BCUT2D eigenvalue weighted by Crippen LogP contribution is 2.27. The van der Waals surface area contributed by atoms with Gasteiger partial charge in [-0.3, -0.25) is 9.59 Å². The van der Waals surface area contributed by atoms with Crippen LogP contribution in [0.2, 0.25) is 0 Å². The number of aryl methyl sites for hydroxylation is 1. The lowest BCUT2D eigenvalue weighted by Gasteiger charge is -2.27. The molecule has 1 amide bonds. The smallest absolute Gasteiger partial charge is 0.303 e. The molecule has 0 radical (unpaired) electrons. The van der Waals surface area contributed by atoms with E-state index in [9.17, 15) is 14.0 Å². The number of hydrogen-bond acceptors (Lipinski definition) is 4. The summed E-state index contributed by atoms with van der Waals surface area (Å²) in [6.07, 6.45) is 10.0. The maximum absolute atomic E-state index is 13.5. The Bertz CT molecular complexity index is 1450. The number of unbranched alkanes of at least 4 members (excludes halogenated alkanes) is 1. The molecule has 1 aliphatic rings. The van der Waals surface area contributed by atoms with Gasteiger partial charge < -0.3 is 10.0 Å². The summed E-state index contributed by atoms with van der Waals surface area (Å²) in [4.78, 5) is 35.7. The Morgan fingerprint density at radius 2 is 1.84 bits per heavy atom. The van der Waals surface area contributed by atoms with Gasteiger partial charge in [-0.15, -0.1) is 0 Å². The second-order valence-electron chi connectivity index (χ2n) is 9.32. The van der Waals surface area contributed by atoms with Gasteiger partial charge in [0.15, 0.2) is 0 Å². The van der Waals surface area contributed by atoms with Gasteiger partial charge in [-0.1, -0.05) is 23.8 Å². The van der Waals surface area contributed by atoms with Crippen LogP contribution in [0.25, 0.3) is 22.3 Å². The third kappa shape index (κ3) is 6.53. The standard InChI is InChI=1S/C30H29ClFN3O3/c1-19(20-6-5-7-23(31)14-10-20)35(2)30(38)22-13-17-25-27(18-22)33-26(8-3-4-9-28(36)37)29(34-25)21-11-15-24(32)16-12-21/h5,7,10-19H,3-4,6,8-9H2,1-2H3,(H,36,37)/t19-/m1/s1. The summed E-state index contributed by atoms with van der Waals surface area (Å²) < 4.78 is 13.5. The number of nitrogens with zero attached hydrogens (tertiary/aromatic N) is 3. The summed E-state index contributed by atoms with van der Waals surface area (Å²) in [5.41, 5.74) is 4.77. The van der Waals surface area contributed by atoms with Gasteiger partial charge in [-0.05, 0) is 92.8 Å². The molecule has 2 aromatic carbocycles. The van der Waals surface area contributed by atoms with Gasteiger partial charge in [-0.25, -0.2) is 14.4 Å². The Kier molecular flexibility index (Phi) is 8.69. The molecule has 0 bridgehead atoms. The summed E-state index contributed by atoms with van der Waals surface area (Å²) in [5.74, 6) is -1.33. The van der Waals surface area contributed by atoms with Crippen LogP contribution in [0.4, 0.5) is 4.39 Å². The van der Waals surface area contributed by atoms with E-state index in [4.69, 9.17) is 26.7 Å². The molecule has 6 nitrogen and oxygen atoms in total. The molecule has 1 heterocycles. The molecule has 0 saturated carbocycles. The van der Waals surface area contributed by atoms with Gasteiger partial charge in [-0.2, -0.15) is 0 Å². The predicted molar refractivity (Wildman–Crippen MR) is 147 cm³/mol. The van der Waals surface area contributed by atoms with E-state index in [1.807, 2.05) is 31.2 Å². The molecule has 0 unspecified atom stereocenters. The van der Waals surface area contributed by atoms with Crippen molar-refractivity contribution in [1.82, 2.24) is 14.9 Å². The Morgan fingerprint density at radius 1 is 1.08 bits per heavy atom. The number of rotatable bonds is 9. The van der Waals surface area contributed by atoms with E-state index in [-0.39, 0.29) is 24.2 Å². The van der Waals surface area contributed by atoms with Crippen LogP contribution in [0.3, 0.4) is 0 Å². The van der Waals surface area contributed by atoms with Crippen LogP contribution in [0.1, 0.15) is 48.7 Å². The van der Waals surface area contributed by atoms with Crippen LogP contribution >= 0.6 is 11.6 Å². The summed E-state index contributed by atoms with van der Waals surface area (Å²) in [6.45, 7) is 1.98. The van der Waals surface area contributed by atoms with Crippen molar-refractivity contribution in [2.75, 3.05) is 7.05 Å². The molecule has 38 heavy (non-hydrogen) atoms. The highest BCUT2D eigenvalue weighted by Gasteiger charge is 2.21. The first-order valence-electron chi connectivity index (χ1n) is 12.5. The highest BCUT2D eigenvalue weighted by atomic mass is 35.5. The molecule has 196 valence electrons. The molecule has 0 saturated heterocycles. The van der Waals surface area contributed by atoms with Crippen molar-refractivity contribution in [3.05, 3.63) is 94.4 Å². The molecule has 1 aliphatic carbocycles. The zero-order chi connectivity index (χ0) is 27.2. The molecule has 0 spiro atoms. The predicted octanol–water partition coefficient (Wildman–Crippen LogP) is 6.70. The Labute approximate surface area is 226 Å². The normalized spacial score (nSPS) is 14.0. The minimum atomic E-state index is -0.843. The number of benzene rings is 2. The maximum Gasteiger partial charge on any atom is 0.303 e. The van der Waals surface area contributed by atoms with Crippen LogP contribution in [0, 0.1) is 5.82 Å². The van der Waals surface area contributed by atoms with E-state index in [0.717, 1.165) is 11.1 Å². The molecule has 1 N–H and O–H groups in total. The zero-order valence-corrected chi connectivity index (χ0v) is 22.1. The zero-order valence-electron chi connectivity index (χ0n) is 21.3. The van der Waals surface area contributed by atoms with E-state index < -0.39 is 5.97 Å². The minimum absolute atomic E-state index is 0.0737. The second-order valence-corrected chi connectivity index (χ2v) is 9.76. The second kappa shape index (κ2) is 12.1. The van der Waals surface area contributed by atoms with Gasteiger partial charge in [0.2, 0.25) is 0 Å². The third-order valence-electron chi connectivity index (χ3n) is 6.68. The monoisotopic (exact) mass is 533 g/mol. The molecular weight excluding hydrogens is 505 g/mol. The van der Waals surface area contributed by atoms with Crippen LogP contribution < -0.4 is 0 Å². The number of aliphatic carboxylic acids is 1. The van der Waals surface area contributed by atoms with Crippen molar-refractivity contribution in [3.63, 3.8) is 0 Å². The number of fused-ring (bicyclic) bond motifs is 1. The van der Waals surface area contributed by atoms with E-state index >= 15 is 0 Å². The Balaban J connectivity index is 1.64. The van der Waals surface area contributed by atoms with Gasteiger partial charge in [0.1, 0.15) is 5.82 Å². The Morgan fingerprint density at radius 3 is 2.58 bits per heavy atom. The molecule has 0 aliphatic heterocycles. The lowest BCUT2D eigenvalue weighted by molar-refractivity contribution is -0.137. The number of carboxylic acid groups (broad SMARTS) is 1. The fourth-order valence-electron chi connectivity index (χ4n) is 4.36. The molecule has 8 heteroatoms. The molecule has 0 fully saturated rings. The molecule has 1 aromatic heterocycles. The number of carbonyl (C=O) groups excluding carboxylic acids is 1. The van der Waals surface area contributed by atoms with Crippen molar-refractivity contribution >= 4 is 34.5 Å². The maximum atomic E-state index is 13.5. The molecule has 1 atom stereocenters. The number of halogens is 2. The van der Waals surface area contributed by atoms with Gasteiger partial charge in [0, 0.05) is 29.6 Å². The average molecular weight is 534 g/mol. The molecule has 3 aromatic rings. The number of allylic oxidation sites excluding steroid dienone is 5. The number of aromatic nitrogens is 2. The van der Waals surface area contributed by atoms with E-state index in [2.05, 4.69) is 0 Å². The first kappa shape index (κ1) is 27.2. The number of likely N-dealkylation sites (N-methyl/N-ethyl adjacent to an activating group) is 1. The highest BCUT2D eigenvalue weighted by molar-refractivity contribution is 6.31. The minimum Gasteiger partial charge on any atom is -0.481 e. The Hall–Kier alpha value is -3.84. The summed E-state index contributed by atoms with van der Waals surface area (Å²) >= 11 is 6.10. The molecular formula is C30H29ClFN3O3. The molecule has 4 rings (SSSR count). The topological polar surface area (TPSA) is 83.4 Å². The first-order valence-corrected chi connectivity index (χ1v) is 12.9. The van der Waals surface area contributed by atoms with E-state index in [1.165, 1.54) is 12.1 Å². The third-order valence-corrected chi connectivity index (χ3v) is 6.93. The van der Waals surface area contributed by atoms with Crippen molar-refractivity contribution in [2.24, 2.45) is 0 Å². The van der Waals surface area contributed by atoms with Gasteiger partial charge in [0.05, 0.1) is 28.5 Å². The number of hydrogen-bond donors (Lipinski definition) is 1. The fourth-order valence-corrected chi connectivity index (χ4v) is 4.51. The first-order chi connectivity index (χ1) is 18.2. The fraction of sp³-hybridized carbons (Fsp3) is 0.267. The lowest BCUT2D eigenvalue weighted by atomic mass is 10.0. The van der Waals surface area contributed by atoms with Crippen molar-refractivity contribution in [1.29, 1.82) is 0 Å². The largest absolute Gasteiger partial charge is 0.481 e. The van der Waals surface area contributed by atoms with Crippen LogP contribution in [-0.2, 0) is 11.2 Å². The van der Waals surface area contributed by atoms with Crippen LogP contribution in [0.5, 0.6) is 0 Å². The SMILES string of the molecule is C[C@H](C1=CC=C(Cl)C=CC1)N(C)C(=O)c1ccc2nc(-c3ccc(F)cc3)c(CCCCC(=O)O)nc2c1. The van der Waals surface area contributed by atoms with E-state index in [0.29, 0.717) is 58.7 Å². The van der Waals surface area contributed by atoms with Crippen molar-refractivity contribution in [3.8, 4) is 11.3 Å². The lowest BCUT2D eigenvalue weighted by Crippen LogP contribution is -2.36. The number of carboxylic acids is 1. The summed E-state index contributed by atoms with van der Waals surface area (Å²) in [5, 5.41) is 9.62. The average Bonchev–Trinajstić information content (AvgIpc) is 3.13. The van der Waals surface area contributed by atoms with E-state index in [1.54, 1.807) is 42.3 Å². The van der Waals surface area contributed by atoms with Crippen molar-refractivity contribution < 1.29 is 19.1 Å². The number of amides is 1. The summed E-state index contributed by atoms with van der Waals surface area (Å²) in [6, 6.07) is 11.2. The number of carbonyl (C=O) groups is 2. The quantitative estimate of drug-likeness (QED) is 0.309.